The van der Waals surface area contributed by atoms with Crippen LogP contribution in [-0.4, -0.2) is 26.2 Å². The first-order valence-electron chi connectivity index (χ1n) is 8.20. The molecule has 0 aliphatic rings. The third-order valence-electron chi connectivity index (χ3n) is 4.03. The number of carbonyl (C=O) groups is 1. The quantitative estimate of drug-likeness (QED) is 0.834. The van der Waals surface area contributed by atoms with Crippen LogP contribution in [0.3, 0.4) is 0 Å². The molecule has 0 aliphatic carbocycles. The molecule has 0 saturated heterocycles. The van der Waals surface area contributed by atoms with Gasteiger partial charge in [0.1, 0.15) is 17.2 Å². The number of hydrogen-bond acceptors (Lipinski definition) is 4. The summed E-state index contributed by atoms with van der Waals surface area (Å²) in [7, 11) is 3.21. The molecule has 0 spiro atoms. The van der Waals surface area contributed by atoms with Gasteiger partial charge in [-0.3, -0.25) is 4.79 Å². The summed E-state index contributed by atoms with van der Waals surface area (Å²) in [5, 5.41) is 2.96. The van der Waals surface area contributed by atoms with Crippen molar-refractivity contribution in [2.75, 3.05) is 14.2 Å². The minimum absolute atomic E-state index is 0.194. The number of aryl methyl sites for hydroxylation is 1. The summed E-state index contributed by atoms with van der Waals surface area (Å²) in [6, 6.07) is 12.9. The Kier molecular flexibility index (Phi) is 6.28. The Morgan fingerprint density at radius 2 is 1.72 bits per heavy atom. The van der Waals surface area contributed by atoms with Crippen molar-refractivity contribution in [3.05, 3.63) is 53.6 Å². The van der Waals surface area contributed by atoms with Crippen molar-refractivity contribution in [2.24, 2.45) is 0 Å². The van der Waals surface area contributed by atoms with Crippen LogP contribution < -0.4 is 19.5 Å². The number of nitrogens with one attached hydrogen (secondary N) is 1. The van der Waals surface area contributed by atoms with Crippen molar-refractivity contribution < 1.29 is 19.0 Å². The molecule has 2 aromatic carbocycles. The number of ether oxygens (including phenoxy) is 3. The Hall–Kier alpha value is -2.69. The highest BCUT2D eigenvalue weighted by atomic mass is 16.5. The number of para-hydroxylation sites is 1. The van der Waals surface area contributed by atoms with Gasteiger partial charge in [0, 0.05) is 5.56 Å². The molecule has 0 saturated carbocycles. The zero-order valence-electron chi connectivity index (χ0n) is 15.3. The van der Waals surface area contributed by atoms with Crippen LogP contribution in [0.5, 0.6) is 17.2 Å². The minimum atomic E-state index is -0.611. The van der Waals surface area contributed by atoms with E-state index in [1.54, 1.807) is 21.1 Å². The van der Waals surface area contributed by atoms with E-state index in [1.165, 1.54) is 0 Å². The van der Waals surface area contributed by atoms with E-state index in [1.807, 2.05) is 56.3 Å². The van der Waals surface area contributed by atoms with Crippen molar-refractivity contribution in [3.63, 3.8) is 0 Å². The van der Waals surface area contributed by atoms with E-state index in [-0.39, 0.29) is 11.9 Å². The van der Waals surface area contributed by atoms with Crippen LogP contribution in [0.2, 0.25) is 0 Å². The Bertz CT molecular complexity index is 729. The van der Waals surface area contributed by atoms with Gasteiger partial charge in [-0.15, -0.1) is 0 Å². The second kappa shape index (κ2) is 8.42. The number of rotatable bonds is 7. The second-order valence-corrected chi connectivity index (χ2v) is 5.86. The molecule has 0 heterocycles. The lowest BCUT2D eigenvalue weighted by Gasteiger charge is -2.21. The molecule has 0 bridgehead atoms. The van der Waals surface area contributed by atoms with Gasteiger partial charge < -0.3 is 19.5 Å². The van der Waals surface area contributed by atoms with Gasteiger partial charge >= 0.3 is 0 Å². The highest BCUT2D eigenvalue weighted by Gasteiger charge is 2.20. The molecular weight excluding hydrogens is 318 g/mol. The van der Waals surface area contributed by atoms with Crippen LogP contribution >= 0.6 is 0 Å². The first-order valence-corrected chi connectivity index (χ1v) is 8.20. The summed E-state index contributed by atoms with van der Waals surface area (Å²) < 4.78 is 16.4. The molecule has 0 unspecified atom stereocenters. The predicted molar refractivity (Wildman–Crippen MR) is 97.4 cm³/mol. The molecular formula is C20H25NO4. The van der Waals surface area contributed by atoms with Gasteiger partial charge in [-0.05, 0) is 50.6 Å². The maximum absolute atomic E-state index is 12.5. The van der Waals surface area contributed by atoms with Crippen LogP contribution in [0.15, 0.2) is 42.5 Å². The van der Waals surface area contributed by atoms with Crippen LogP contribution in [-0.2, 0) is 4.79 Å². The summed E-state index contributed by atoms with van der Waals surface area (Å²) in [6.45, 7) is 5.58. The standard InChI is InChI=1S/C20H25NO4/c1-13-8-6-7-9-18(13)25-15(3)20(22)21-14(2)17-12-16(23-4)10-11-19(17)24-5/h6-12,14-15H,1-5H3,(H,21,22)/t14-,15-/m0/s1. The lowest BCUT2D eigenvalue weighted by Crippen LogP contribution is -2.38. The molecule has 25 heavy (non-hydrogen) atoms. The SMILES string of the molecule is COc1ccc(OC)c([C@H](C)NC(=O)[C@H](C)Oc2ccccc2C)c1. The van der Waals surface area contributed by atoms with Crippen molar-refractivity contribution in [1.82, 2.24) is 5.32 Å². The zero-order chi connectivity index (χ0) is 18.4. The molecule has 0 aromatic heterocycles. The maximum Gasteiger partial charge on any atom is 0.261 e. The number of amides is 1. The van der Waals surface area contributed by atoms with E-state index in [9.17, 15) is 4.79 Å². The van der Waals surface area contributed by atoms with E-state index in [0.29, 0.717) is 17.2 Å². The highest BCUT2D eigenvalue weighted by Crippen LogP contribution is 2.29. The van der Waals surface area contributed by atoms with Crippen molar-refractivity contribution in [3.8, 4) is 17.2 Å². The molecule has 5 nitrogen and oxygen atoms in total. The van der Waals surface area contributed by atoms with E-state index in [2.05, 4.69) is 5.32 Å². The van der Waals surface area contributed by atoms with Gasteiger partial charge in [-0.25, -0.2) is 0 Å². The molecule has 0 radical (unpaired) electrons. The van der Waals surface area contributed by atoms with Crippen molar-refractivity contribution >= 4 is 5.91 Å². The zero-order valence-corrected chi connectivity index (χ0v) is 15.3. The lowest BCUT2D eigenvalue weighted by molar-refractivity contribution is -0.127. The van der Waals surface area contributed by atoms with Crippen LogP contribution in [0.1, 0.15) is 31.0 Å². The molecule has 2 aromatic rings. The Morgan fingerprint density at radius 3 is 2.36 bits per heavy atom. The predicted octanol–water partition coefficient (Wildman–Crippen LogP) is 3.66. The van der Waals surface area contributed by atoms with E-state index in [4.69, 9.17) is 14.2 Å². The number of benzene rings is 2. The molecule has 2 rings (SSSR count). The minimum Gasteiger partial charge on any atom is -0.497 e. The Balaban J connectivity index is 2.08. The first-order chi connectivity index (χ1) is 12.0. The molecule has 2 atom stereocenters. The molecule has 1 N–H and O–H groups in total. The van der Waals surface area contributed by atoms with Crippen molar-refractivity contribution in [1.29, 1.82) is 0 Å². The third-order valence-corrected chi connectivity index (χ3v) is 4.03. The summed E-state index contributed by atoms with van der Waals surface area (Å²) in [4.78, 5) is 12.5. The summed E-state index contributed by atoms with van der Waals surface area (Å²) in [5.41, 5.74) is 1.84. The average Bonchev–Trinajstić information content (AvgIpc) is 2.62. The molecule has 1 amide bonds. The van der Waals surface area contributed by atoms with E-state index >= 15 is 0 Å². The van der Waals surface area contributed by atoms with Crippen LogP contribution in [0.25, 0.3) is 0 Å². The highest BCUT2D eigenvalue weighted by molar-refractivity contribution is 5.81. The lowest BCUT2D eigenvalue weighted by atomic mass is 10.1. The van der Waals surface area contributed by atoms with Crippen molar-refractivity contribution in [2.45, 2.75) is 32.9 Å². The summed E-state index contributed by atoms with van der Waals surface area (Å²) in [5.74, 6) is 1.92. The molecule has 134 valence electrons. The van der Waals surface area contributed by atoms with Gasteiger partial charge in [0.15, 0.2) is 6.10 Å². The number of carbonyl (C=O) groups excluding carboxylic acids is 1. The molecule has 0 aliphatic heterocycles. The smallest absolute Gasteiger partial charge is 0.261 e. The fourth-order valence-electron chi connectivity index (χ4n) is 2.52. The normalized spacial score (nSPS) is 12.8. The maximum atomic E-state index is 12.5. The Labute approximate surface area is 148 Å². The van der Waals surface area contributed by atoms with E-state index in [0.717, 1.165) is 11.1 Å². The largest absolute Gasteiger partial charge is 0.497 e. The van der Waals surface area contributed by atoms with E-state index < -0.39 is 6.10 Å². The first kappa shape index (κ1) is 18.6. The van der Waals surface area contributed by atoms with Gasteiger partial charge in [0.2, 0.25) is 0 Å². The Morgan fingerprint density at radius 1 is 1.00 bits per heavy atom. The topological polar surface area (TPSA) is 56.8 Å². The summed E-state index contributed by atoms with van der Waals surface area (Å²) >= 11 is 0. The van der Waals surface area contributed by atoms with Gasteiger partial charge in [0.05, 0.1) is 20.3 Å². The second-order valence-electron chi connectivity index (χ2n) is 5.86. The average molecular weight is 343 g/mol. The van der Waals surface area contributed by atoms with Crippen LogP contribution in [0.4, 0.5) is 0 Å². The third kappa shape index (κ3) is 4.66. The number of hydrogen-bond donors (Lipinski definition) is 1. The summed E-state index contributed by atoms with van der Waals surface area (Å²) in [6.07, 6.45) is -0.611. The van der Waals surface area contributed by atoms with Crippen LogP contribution in [0, 0.1) is 6.92 Å². The fraction of sp³-hybridized carbons (Fsp3) is 0.350. The monoisotopic (exact) mass is 343 g/mol. The van der Waals surface area contributed by atoms with Gasteiger partial charge in [0.25, 0.3) is 5.91 Å². The fourth-order valence-corrected chi connectivity index (χ4v) is 2.52. The van der Waals surface area contributed by atoms with Gasteiger partial charge in [-0.1, -0.05) is 18.2 Å². The molecule has 5 heteroatoms. The number of methoxy groups -OCH3 is 2. The molecule has 0 fully saturated rings. The van der Waals surface area contributed by atoms with Gasteiger partial charge in [-0.2, -0.15) is 0 Å².